The summed E-state index contributed by atoms with van der Waals surface area (Å²) in [6, 6.07) is 5.55. The summed E-state index contributed by atoms with van der Waals surface area (Å²) in [6.45, 7) is 0.0809. The van der Waals surface area contributed by atoms with Crippen LogP contribution in [0.25, 0.3) is 5.69 Å². The van der Waals surface area contributed by atoms with Crippen LogP contribution < -0.4 is 24.3 Å². The quantitative estimate of drug-likeness (QED) is 0.726. The monoisotopic (exact) mass is 394 g/mol. The van der Waals surface area contributed by atoms with Gasteiger partial charge in [-0.15, -0.1) is 0 Å². The van der Waals surface area contributed by atoms with Crippen molar-refractivity contribution in [1.82, 2.24) is 14.5 Å². The van der Waals surface area contributed by atoms with Crippen molar-refractivity contribution in [3.8, 4) is 28.7 Å². The van der Waals surface area contributed by atoms with Crippen LogP contribution in [0.2, 0.25) is 0 Å². The van der Waals surface area contributed by atoms with Crippen LogP contribution in [0.4, 0.5) is 5.82 Å². The van der Waals surface area contributed by atoms with Gasteiger partial charge in [0.15, 0.2) is 11.5 Å². The fourth-order valence-corrected chi connectivity index (χ4v) is 3.81. The third-order valence-electron chi connectivity index (χ3n) is 5.09. The van der Waals surface area contributed by atoms with E-state index in [1.165, 1.54) is 0 Å². The topological polar surface area (TPSA) is 96.7 Å². The molecular formula is C20H18N4O5. The zero-order valence-corrected chi connectivity index (χ0v) is 15.8. The number of rotatable bonds is 4. The van der Waals surface area contributed by atoms with E-state index in [0.717, 1.165) is 16.9 Å². The number of carbonyl (C=O) groups excluding carboxylic acids is 1. The summed E-state index contributed by atoms with van der Waals surface area (Å²) in [7, 11) is 3.12. The number of amides is 1. The molecule has 2 aliphatic heterocycles. The van der Waals surface area contributed by atoms with Crippen LogP contribution in [-0.4, -0.2) is 41.5 Å². The molecule has 29 heavy (non-hydrogen) atoms. The number of hydrogen-bond donors (Lipinski definition) is 1. The van der Waals surface area contributed by atoms with Gasteiger partial charge >= 0.3 is 0 Å². The Balaban J connectivity index is 1.68. The van der Waals surface area contributed by atoms with E-state index in [2.05, 4.69) is 15.3 Å². The molecule has 0 spiro atoms. The molecule has 0 saturated heterocycles. The Bertz CT molecular complexity index is 1100. The van der Waals surface area contributed by atoms with Crippen molar-refractivity contribution in [2.45, 2.75) is 12.3 Å². The summed E-state index contributed by atoms with van der Waals surface area (Å²) in [5.41, 5.74) is 2.28. The molecule has 0 saturated carbocycles. The SMILES string of the molecule is COc1cc(C2CC(=O)Nc3c2ncn3-c2cccnc2)c(OC)c2c1OCO2. The van der Waals surface area contributed by atoms with E-state index >= 15 is 0 Å². The number of hydrogen-bond acceptors (Lipinski definition) is 7. The second-order valence-corrected chi connectivity index (χ2v) is 6.63. The van der Waals surface area contributed by atoms with E-state index in [4.69, 9.17) is 18.9 Å². The van der Waals surface area contributed by atoms with Crippen molar-refractivity contribution in [2.75, 3.05) is 26.3 Å². The summed E-state index contributed by atoms with van der Waals surface area (Å²) >= 11 is 0. The maximum atomic E-state index is 12.6. The number of aromatic nitrogens is 3. The van der Waals surface area contributed by atoms with Crippen molar-refractivity contribution in [1.29, 1.82) is 0 Å². The van der Waals surface area contributed by atoms with Crippen LogP contribution in [0.1, 0.15) is 23.6 Å². The highest BCUT2D eigenvalue weighted by Gasteiger charge is 2.36. The van der Waals surface area contributed by atoms with Crippen molar-refractivity contribution in [3.63, 3.8) is 0 Å². The van der Waals surface area contributed by atoms with E-state index in [9.17, 15) is 4.79 Å². The molecule has 4 heterocycles. The summed E-state index contributed by atoms with van der Waals surface area (Å²) in [5.74, 6) is 2.16. The Morgan fingerprint density at radius 3 is 2.86 bits per heavy atom. The van der Waals surface area contributed by atoms with Gasteiger partial charge in [0.2, 0.25) is 24.2 Å². The van der Waals surface area contributed by atoms with Gasteiger partial charge in [0, 0.05) is 24.1 Å². The predicted octanol–water partition coefficient (Wildman–Crippen LogP) is 2.49. The number of methoxy groups -OCH3 is 2. The van der Waals surface area contributed by atoms with E-state index < -0.39 is 0 Å². The lowest BCUT2D eigenvalue weighted by molar-refractivity contribution is -0.116. The molecule has 0 bridgehead atoms. The molecular weight excluding hydrogens is 376 g/mol. The largest absolute Gasteiger partial charge is 0.493 e. The highest BCUT2D eigenvalue weighted by molar-refractivity contribution is 5.94. The van der Waals surface area contributed by atoms with E-state index in [1.807, 2.05) is 22.8 Å². The molecule has 0 aliphatic carbocycles. The minimum atomic E-state index is -0.338. The highest BCUT2D eigenvalue weighted by Crippen LogP contribution is 2.53. The van der Waals surface area contributed by atoms with Gasteiger partial charge in [0.25, 0.3) is 0 Å². The number of pyridine rings is 1. The molecule has 1 amide bonds. The van der Waals surface area contributed by atoms with Gasteiger partial charge in [0.05, 0.1) is 31.8 Å². The molecule has 9 heteroatoms. The molecule has 5 rings (SSSR count). The fraction of sp³-hybridized carbons (Fsp3) is 0.250. The third-order valence-corrected chi connectivity index (χ3v) is 5.09. The Hall–Kier alpha value is -3.75. The maximum Gasteiger partial charge on any atom is 0.231 e. The highest BCUT2D eigenvalue weighted by atomic mass is 16.7. The van der Waals surface area contributed by atoms with Crippen LogP contribution in [-0.2, 0) is 4.79 Å². The Kier molecular flexibility index (Phi) is 4.01. The van der Waals surface area contributed by atoms with Gasteiger partial charge in [-0.25, -0.2) is 4.98 Å². The molecule has 0 radical (unpaired) electrons. The number of nitrogens with one attached hydrogen (secondary N) is 1. The number of nitrogens with zero attached hydrogens (tertiary/aromatic N) is 3. The minimum absolute atomic E-state index is 0.0809. The van der Waals surface area contributed by atoms with Gasteiger partial charge in [-0.1, -0.05) is 0 Å². The van der Waals surface area contributed by atoms with Gasteiger partial charge in [-0.2, -0.15) is 0 Å². The van der Waals surface area contributed by atoms with Gasteiger partial charge < -0.3 is 24.3 Å². The van der Waals surface area contributed by atoms with Gasteiger partial charge in [-0.3, -0.25) is 14.3 Å². The third kappa shape index (κ3) is 2.65. The standard InChI is InChI=1S/C20H18N4O5/c1-26-14-6-13(17(27-2)19-18(14)28-10-29-19)12-7-15(25)23-20-16(12)22-9-24(20)11-4-3-5-21-8-11/h3-6,8-9,12H,7,10H2,1-2H3,(H,23,25). The van der Waals surface area contributed by atoms with E-state index in [-0.39, 0.29) is 25.0 Å². The first-order valence-corrected chi connectivity index (χ1v) is 9.03. The first-order chi connectivity index (χ1) is 14.2. The van der Waals surface area contributed by atoms with E-state index in [0.29, 0.717) is 28.8 Å². The average molecular weight is 394 g/mol. The average Bonchev–Trinajstić information content (AvgIpc) is 3.40. The Labute approximate surface area is 166 Å². The van der Waals surface area contributed by atoms with Crippen LogP contribution in [0.3, 0.4) is 0 Å². The zero-order valence-electron chi connectivity index (χ0n) is 15.8. The van der Waals surface area contributed by atoms with Crippen LogP contribution in [0.15, 0.2) is 36.9 Å². The fourth-order valence-electron chi connectivity index (χ4n) is 3.81. The number of carbonyl (C=O) groups is 1. The molecule has 0 fully saturated rings. The van der Waals surface area contributed by atoms with Gasteiger partial charge in [-0.05, 0) is 18.2 Å². The molecule has 2 aliphatic rings. The number of imidazole rings is 1. The lowest BCUT2D eigenvalue weighted by Gasteiger charge is -2.25. The zero-order chi connectivity index (χ0) is 20.0. The molecule has 148 valence electrons. The van der Waals surface area contributed by atoms with E-state index in [1.54, 1.807) is 32.9 Å². The molecule has 3 aromatic rings. The Morgan fingerprint density at radius 2 is 2.10 bits per heavy atom. The summed E-state index contributed by atoms with van der Waals surface area (Å²) in [4.78, 5) is 21.3. The second kappa shape index (κ2) is 6.69. The maximum absolute atomic E-state index is 12.6. The molecule has 1 N–H and O–H groups in total. The van der Waals surface area contributed by atoms with Crippen LogP contribution in [0.5, 0.6) is 23.0 Å². The number of fused-ring (bicyclic) bond motifs is 2. The lowest BCUT2D eigenvalue weighted by Crippen LogP contribution is -2.25. The first kappa shape index (κ1) is 17.4. The number of anilines is 1. The summed E-state index contributed by atoms with van der Waals surface area (Å²) < 4.78 is 24.1. The predicted molar refractivity (Wildman–Crippen MR) is 102 cm³/mol. The summed E-state index contributed by atoms with van der Waals surface area (Å²) in [5, 5.41) is 2.93. The molecule has 1 aromatic carbocycles. The summed E-state index contributed by atoms with van der Waals surface area (Å²) in [6.07, 6.45) is 5.30. The lowest BCUT2D eigenvalue weighted by atomic mass is 9.88. The van der Waals surface area contributed by atoms with Gasteiger partial charge in [0.1, 0.15) is 12.1 Å². The normalized spacial score (nSPS) is 16.9. The van der Waals surface area contributed by atoms with Crippen molar-refractivity contribution < 1.29 is 23.7 Å². The minimum Gasteiger partial charge on any atom is -0.493 e. The van der Waals surface area contributed by atoms with Crippen molar-refractivity contribution in [2.24, 2.45) is 0 Å². The number of ether oxygens (including phenoxy) is 4. The molecule has 2 aromatic heterocycles. The second-order valence-electron chi connectivity index (χ2n) is 6.63. The van der Waals surface area contributed by atoms with Crippen LogP contribution in [0, 0.1) is 0 Å². The van der Waals surface area contributed by atoms with Crippen LogP contribution >= 0.6 is 0 Å². The Morgan fingerprint density at radius 1 is 1.24 bits per heavy atom. The van der Waals surface area contributed by atoms with Crippen molar-refractivity contribution in [3.05, 3.63) is 48.2 Å². The first-order valence-electron chi connectivity index (χ1n) is 9.03. The smallest absolute Gasteiger partial charge is 0.231 e. The van der Waals surface area contributed by atoms with Crippen molar-refractivity contribution >= 4 is 11.7 Å². The molecule has 9 nitrogen and oxygen atoms in total. The molecule has 1 unspecified atom stereocenters. The number of benzene rings is 1. The molecule has 1 atom stereocenters.